The van der Waals surface area contributed by atoms with Crippen LogP contribution in [0.5, 0.6) is 0 Å². The fourth-order valence-corrected chi connectivity index (χ4v) is 5.56. The van der Waals surface area contributed by atoms with Crippen molar-refractivity contribution in [2.75, 3.05) is 54.1 Å². The van der Waals surface area contributed by atoms with Crippen molar-refractivity contribution in [3.05, 3.63) is 95.6 Å². The number of nitrogens with one attached hydrogen (secondary N) is 3. The molecule has 8 heteroatoms. The lowest BCUT2D eigenvalue weighted by atomic mass is 9.87. The Balaban J connectivity index is 1.43. The lowest BCUT2D eigenvalue weighted by molar-refractivity contribution is -0.118. The Morgan fingerprint density at radius 3 is 2.29 bits per heavy atom. The minimum absolute atomic E-state index is 0.0470. The number of thioether (sulfide) groups is 1. The molecule has 1 fully saturated rings. The minimum atomic E-state index is -0.515. The number of rotatable bonds is 10. The molecule has 0 bridgehead atoms. The molecule has 3 aromatic rings. The number of carbonyl (C=O) groups is 2. The standard InChI is InChI=1S/C33H41N5O2S/c1-33(2,3)26-13-15-27(16-14-26)36-32(40)31(35-18-19-38-20-22-41-23-21-38)25-11-8-24(9-12-25)10-17-30(39)37-29-7-5-4-6-28(29)34/h4-17,31,35H,18-23,34H2,1-3H3,(H,36,40)(H,37,39). The van der Waals surface area contributed by atoms with Crippen LogP contribution in [0.4, 0.5) is 17.1 Å². The summed E-state index contributed by atoms with van der Waals surface area (Å²) >= 11 is 1.99. The number of amides is 2. The largest absolute Gasteiger partial charge is 0.397 e. The van der Waals surface area contributed by atoms with Gasteiger partial charge in [0.15, 0.2) is 0 Å². The summed E-state index contributed by atoms with van der Waals surface area (Å²) in [4.78, 5) is 28.3. The molecule has 2 amide bonds. The predicted molar refractivity (Wildman–Crippen MR) is 173 cm³/mol. The second kappa shape index (κ2) is 14.3. The first-order valence-corrected chi connectivity index (χ1v) is 15.2. The maximum atomic E-state index is 13.5. The van der Waals surface area contributed by atoms with Crippen molar-refractivity contribution >= 4 is 46.7 Å². The first kappa shape index (κ1) is 30.4. The fourth-order valence-electron chi connectivity index (χ4n) is 4.58. The van der Waals surface area contributed by atoms with Crippen LogP contribution in [-0.2, 0) is 15.0 Å². The van der Waals surface area contributed by atoms with Gasteiger partial charge in [0.25, 0.3) is 0 Å². The molecule has 3 aromatic carbocycles. The van der Waals surface area contributed by atoms with Gasteiger partial charge >= 0.3 is 0 Å². The number of anilines is 3. The number of nitrogens with zero attached hydrogens (tertiary/aromatic N) is 1. The van der Waals surface area contributed by atoms with E-state index in [1.807, 2.05) is 60.3 Å². The van der Waals surface area contributed by atoms with E-state index in [4.69, 9.17) is 5.73 Å². The van der Waals surface area contributed by atoms with E-state index in [1.54, 1.807) is 18.2 Å². The Morgan fingerprint density at radius 2 is 1.63 bits per heavy atom. The van der Waals surface area contributed by atoms with Gasteiger partial charge in [-0.25, -0.2) is 0 Å². The number of hydrogen-bond acceptors (Lipinski definition) is 6. The molecule has 1 atom stereocenters. The van der Waals surface area contributed by atoms with E-state index in [0.717, 1.165) is 48.0 Å². The van der Waals surface area contributed by atoms with Gasteiger partial charge in [-0.3, -0.25) is 9.59 Å². The summed E-state index contributed by atoms with van der Waals surface area (Å²) in [5, 5.41) is 9.37. The van der Waals surface area contributed by atoms with Crippen molar-refractivity contribution in [3.8, 4) is 0 Å². The van der Waals surface area contributed by atoms with E-state index >= 15 is 0 Å². The predicted octanol–water partition coefficient (Wildman–Crippen LogP) is 5.54. The van der Waals surface area contributed by atoms with Gasteiger partial charge < -0.3 is 26.6 Å². The molecule has 216 valence electrons. The van der Waals surface area contributed by atoms with E-state index in [2.05, 4.69) is 53.8 Å². The van der Waals surface area contributed by atoms with Crippen LogP contribution in [0.2, 0.25) is 0 Å². The summed E-state index contributed by atoms with van der Waals surface area (Å²) in [5.41, 5.74) is 10.8. The van der Waals surface area contributed by atoms with Crippen LogP contribution in [0.3, 0.4) is 0 Å². The first-order valence-electron chi connectivity index (χ1n) is 14.1. The highest BCUT2D eigenvalue weighted by Crippen LogP contribution is 2.24. The van der Waals surface area contributed by atoms with Crippen molar-refractivity contribution in [1.29, 1.82) is 0 Å². The molecule has 0 saturated carbocycles. The number of para-hydroxylation sites is 2. The normalized spacial score (nSPS) is 15.0. The minimum Gasteiger partial charge on any atom is -0.397 e. The second-order valence-corrected chi connectivity index (χ2v) is 12.5. The van der Waals surface area contributed by atoms with Crippen LogP contribution in [0.1, 0.15) is 43.5 Å². The highest BCUT2D eigenvalue weighted by molar-refractivity contribution is 7.99. The van der Waals surface area contributed by atoms with Crippen LogP contribution in [0.25, 0.3) is 6.08 Å². The third kappa shape index (κ3) is 9.21. The summed E-state index contributed by atoms with van der Waals surface area (Å²) in [5.74, 6) is 1.94. The molecule has 0 spiro atoms. The highest BCUT2D eigenvalue weighted by atomic mass is 32.2. The van der Waals surface area contributed by atoms with Gasteiger partial charge in [-0.1, -0.05) is 69.3 Å². The fraction of sp³-hybridized carbons (Fsp3) is 0.333. The molecular weight excluding hydrogens is 530 g/mol. The zero-order valence-corrected chi connectivity index (χ0v) is 25.0. The van der Waals surface area contributed by atoms with E-state index in [0.29, 0.717) is 17.9 Å². The average Bonchev–Trinajstić information content (AvgIpc) is 2.96. The smallest absolute Gasteiger partial charge is 0.248 e. The molecule has 41 heavy (non-hydrogen) atoms. The molecule has 4 rings (SSSR count). The van der Waals surface area contributed by atoms with Gasteiger partial charge in [-0.05, 0) is 52.4 Å². The number of benzene rings is 3. The summed E-state index contributed by atoms with van der Waals surface area (Å²) in [6, 6.07) is 22.4. The van der Waals surface area contributed by atoms with Gasteiger partial charge in [0.05, 0.1) is 11.4 Å². The van der Waals surface area contributed by atoms with Gasteiger partial charge in [0, 0.05) is 49.4 Å². The van der Waals surface area contributed by atoms with Gasteiger partial charge in [0.2, 0.25) is 11.8 Å². The Bertz CT molecular complexity index is 1330. The van der Waals surface area contributed by atoms with Crippen LogP contribution in [-0.4, -0.2) is 54.4 Å². The van der Waals surface area contributed by atoms with Crippen LogP contribution in [0, 0.1) is 0 Å². The lowest BCUT2D eigenvalue weighted by Crippen LogP contribution is -2.41. The van der Waals surface area contributed by atoms with E-state index in [1.165, 1.54) is 11.6 Å². The van der Waals surface area contributed by atoms with Crippen LogP contribution in [0.15, 0.2) is 78.9 Å². The second-order valence-electron chi connectivity index (χ2n) is 11.2. The number of nitrogen functional groups attached to an aromatic ring is 1. The molecule has 0 aromatic heterocycles. The average molecular weight is 572 g/mol. The molecule has 1 aliphatic heterocycles. The topological polar surface area (TPSA) is 99.5 Å². The van der Waals surface area contributed by atoms with Crippen LogP contribution < -0.4 is 21.7 Å². The first-order chi connectivity index (χ1) is 19.7. The SMILES string of the molecule is CC(C)(C)c1ccc(NC(=O)C(NCCN2CCSCC2)c2ccc(C=CC(=O)Nc3ccccc3N)cc2)cc1. The van der Waals surface area contributed by atoms with Crippen molar-refractivity contribution in [3.63, 3.8) is 0 Å². The molecule has 1 heterocycles. The molecule has 0 radical (unpaired) electrons. The summed E-state index contributed by atoms with van der Waals surface area (Å²) in [6.45, 7) is 10.3. The van der Waals surface area contributed by atoms with E-state index in [-0.39, 0.29) is 17.2 Å². The number of carbonyl (C=O) groups excluding carboxylic acids is 2. The zero-order chi connectivity index (χ0) is 29.2. The third-order valence-electron chi connectivity index (χ3n) is 7.08. The highest BCUT2D eigenvalue weighted by Gasteiger charge is 2.21. The van der Waals surface area contributed by atoms with Crippen LogP contribution >= 0.6 is 11.8 Å². The Hall–Kier alpha value is -3.59. The molecule has 7 nitrogen and oxygen atoms in total. The monoisotopic (exact) mass is 571 g/mol. The molecule has 1 unspecified atom stereocenters. The van der Waals surface area contributed by atoms with Gasteiger partial charge in [-0.2, -0.15) is 11.8 Å². The maximum absolute atomic E-state index is 13.5. The number of hydrogen-bond donors (Lipinski definition) is 4. The number of nitrogens with two attached hydrogens (primary N) is 1. The zero-order valence-electron chi connectivity index (χ0n) is 24.2. The van der Waals surface area contributed by atoms with Gasteiger partial charge in [0.1, 0.15) is 6.04 Å². The molecule has 5 N–H and O–H groups in total. The van der Waals surface area contributed by atoms with E-state index in [9.17, 15) is 9.59 Å². The van der Waals surface area contributed by atoms with Crippen molar-refractivity contribution < 1.29 is 9.59 Å². The molecule has 0 aliphatic carbocycles. The summed E-state index contributed by atoms with van der Waals surface area (Å²) in [7, 11) is 0. The third-order valence-corrected chi connectivity index (χ3v) is 8.02. The van der Waals surface area contributed by atoms with Gasteiger partial charge in [-0.15, -0.1) is 0 Å². The summed E-state index contributed by atoms with van der Waals surface area (Å²) < 4.78 is 0. The van der Waals surface area contributed by atoms with Crippen molar-refractivity contribution in [1.82, 2.24) is 10.2 Å². The maximum Gasteiger partial charge on any atom is 0.248 e. The Morgan fingerprint density at radius 1 is 0.951 bits per heavy atom. The summed E-state index contributed by atoms with van der Waals surface area (Å²) in [6.07, 6.45) is 3.22. The van der Waals surface area contributed by atoms with Crippen molar-refractivity contribution in [2.24, 2.45) is 0 Å². The molecule has 1 saturated heterocycles. The van der Waals surface area contributed by atoms with Crippen molar-refractivity contribution in [2.45, 2.75) is 32.2 Å². The quantitative estimate of drug-likeness (QED) is 0.189. The lowest BCUT2D eigenvalue weighted by Gasteiger charge is -2.27. The Kier molecular flexibility index (Phi) is 10.6. The van der Waals surface area contributed by atoms with E-state index < -0.39 is 6.04 Å². The molecular formula is C33H41N5O2S. The Labute approximate surface area is 248 Å². The molecule has 1 aliphatic rings.